The molecule has 1 aromatic rings. The molecular formula is C16H20ClN3O2. The van der Waals surface area contributed by atoms with Gasteiger partial charge in [-0.05, 0) is 50.4 Å². The van der Waals surface area contributed by atoms with Crippen LogP contribution in [0.25, 0.3) is 0 Å². The van der Waals surface area contributed by atoms with Crippen LogP contribution >= 0.6 is 11.6 Å². The molecule has 4 rings (SSSR count). The van der Waals surface area contributed by atoms with Crippen molar-refractivity contribution in [2.45, 2.75) is 44.6 Å². The quantitative estimate of drug-likeness (QED) is 0.801. The van der Waals surface area contributed by atoms with E-state index in [-0.39, 0.29) is 16.8 Å². The lowest BCUT2D eigenvalue weighted by molar-refractivity contribution is 0.0152. The minimum Gasteiger partial charge on any atom is -0.457 e. The van der Waals surface area contributed by atoms with Crippen LogP contribution in [0.15, 0.2) is 6.20 Å². The van der Waals surface area contributed by atoms with Gasteiger partial charge in [-0.15, -0.1) is 0 Å². The molecule has 2 heterocycles. The predicted octanol–water partition coefficient (Wildman–Crippen LogP) is 3.08. The lowest BCUT2D eigenvalue weighted by Crippen LogP contribution is -2.26. The molecule has 0 aromatic carbocycles. The fourth-order valence-electron chi connectivity index (χ4n) is 4.09. The third kappa shape index (κ3) is 2.56. The van der Waals surface area contributed by atoms with Gasteiger partial charge in [-0.3, -0.25) is 0 Å². The van der Waals surface area contributed by atoms with Gasteiger partial charge in [0, 0.05) is 13.1 Å². The molecule has 3 aliphatic rings. The van der Waals surface area contributed by atoms with E-state index in [1.807, 2.05) is 0 Å². The van der Waals surface area contributed by atoms with Crippen molar-refractivity contribution < 1.29 is 9.53 Å². The number of hydrogen-bond acceptors (Lipinski definition) is 5. The number of nitrogens with zero attached hydrogens (tertiary/aromatic N) is 3. The number of anilines is 1. The van der Waals surface area contributed by atoms with E-state index in [1.165, 1.54) is 25.5 Å². The summed E-state index contributed by atoms with van der Waals surface area (Å²) in [6.45, 7) is 1.87. The molecule has 1 aliphatic heterocycles. The van der Waals surface area contributed by atoms with Crippen molar-refractivity contribution in [1.29, 1.82) is 0 Å². The number of carbonyl (C=O) groups excluding carboxylic acids is 1. The fraction of sp³-hybridized carbons (Fsp3) is 0.688. The van der Waals surface area contributed by atoms with Crippen LogP contribution < -0.4 is 4.90 Å². The zero-order chi connectivity index (χ0) is 15.1. The number of esters is 1. The van der Waals surface area contributed by atoms with Gasteiger partial charge in [0.2, 0.25) is 5.95 Å². The van der Waals surface area contributed by atoms with E-state index in [1.54, 1.807) is 0 Å². The van der Waals surface area contributed by atoms with E-state index in [4.69, 9.17) is 16.3 Å². The summed E-state index contributed by atoms with van der Waals surface area (Å²) in [6.07, 6.45) is 8.50. The molecule has 22 heavy (non-hydrogen) atoms. The third-order valence-corrected chi connectivity index (χ3v) is 5.52. The van der Waals surface area contributed by atoms with E-state index in [0.717, 1.165) is 38.3 Å². The molecule has 3 atom stereocenters. The number of ether oxygens (including phenoxy) is 1. The molecule has 0 unspecified atom stereocenters. The van der Waals surface area contributed by atoms with Gasteiger partial charge >= 0.3 is 5.97 Å². The minimum absolute atomic E-state index is 0.0486. The molecule has 2 saturated carbocycles. The van der Waals surface area contributed by atoms with Crippen LogP contribution in [-0.2, 0) is 4.74 Å². The maximum Gasteiger partial charge on any atom is 0.358 e. The second kappa shape index (κ2) is 5.69. The Morgan fingerprint density at radius 1 is 1.27 bits per heavy atom. The van der Waals surface area contributed by atoms with Crippen LogP contribution in [0.5, 0.6) is 0 Å². The highest BCUT2D eigenvalue weighted by atomic mass is 35.5. The second-order valence-electron chi connectivity index (χ2n) is 6.68. The molecule has 5 nitrogen and oxygen atoms in total. The first-order chi connectivity index (χ1) is 10.7. The van der Waals surface area contributed by atoms with E-state index >= 15 is 0 Å². The van der Waals surface area contributed by atoms with Crippen molar-refractivity contribution in [2.24, 2.45) is 11.8 Å². The maximum atomic E-state index is 12.4. The molecule has 0 amide bonds. The minimum atomic E-state index is -0.398. The monoisotopic (exact) mass is 321 g/mol. The summed E-state index contributed by atoms with van der Waals surface area (Å²) < 4.78 is 5.70. The average molecular weight is 322 g/mol. The molecule has 3 fully saturated rings. The van der Waals surface area contributed by atoms with Gasteiger partial charge in [0.15, 0.2) is 5.69 Å². The van der Waals surface area contributed by atoms with Crippen molar-refractivity contribution in [3.63, 3.8) is 0 Å². The number of hydrogen-bond donors (Lipinski definition) is 0. The van der Waals surface area contributed by atoms with Crippen LogP contribution in [0.2, 0.25) is 5.02 Å². The summed E-state index contributed by atoms with van der Waals surface area (Å²) in [5.41, 5.74) is 0.210. The Bertz CT molecular complexity index is 589. The van der Waals surface area contributed by atoms with Crippen LogP contribution in [0, 0.1) is 11.8 Å². The normalized spacial score (nSPS) is 30.0. The number of carbonyl (C=O) groups is 1. The number of halogens is 1. The summed E-state index contributed by atoms with van der Waals surface area (Å²) >= 11 is 6.12. The molecule has 0 N–H and O–H groups in total. The highest BCUT2D eigenvalue weighted by molar-refractivity contribution is 6.33. The molecule has 2 aliphatic carbocycles. The molecule has 1 aromatic heterocycles. The van der Waals surface area contributed by atoms with Crippen molar-refractivity contribution in [3.8, 4) is 0 Å². The second-order valence-corrected chi connectivity index (χ2v) is 7.09. The first kappa shape index (κ1) is 14.2. The number of aromatic nitrogens is 2. The third-order valence-electron chi connectivity index (χ3n) is 5.25. The van der Waals surface area contributed by atoms with E-state index in [2.05, 4.69) is 14.9 Å². The van der Waals surface area contributed by atoms with Gasteiger partial charge < -0.3 is 9.64 Å². The Balaban J connectivity index is 1.50. The standard InChI is InChI=1S/C16H20ClN3O2/c17-12-9-18-16(20-5-1-2-6-20)19-14(12)15(21)22-13-8-10-3-4-11(13)7-10/h9-11,13H,1-8H2/t10-,11-,13-/m0/s1. The van der Waals surface area contributed by atoms with Gasteiger partial charge in [0.05, 0.1) is 11.2 Å². The number of rotatable bonds is 3. The van der Waals surface area contributed by atoms with E-state index in [0.29, 0.717) is 11.9 Å². The SMILES string of the molecule is O=C(O[C@H]1C[C@H]2CC[C@H]1C2)c1nc(N2CCCC2)ncc1Cl. The van der Waals surface area contributed by atoms with Crippen molar-refractivity contribution in [3.05, 3.63) is 16.9 Å². The van der Waals surface area contributed by atoms with Crippen LogP contribution in [-0.4, -0.2) is 35.1 Å². The lowest BCUT2D eigenvalue weighted by Gasteiger charge is -2.22. The summed E-state index contributed by atoms with van der Waals surface area (Å²) in [6, 6.07) is 0. The summed E-state index contributed by atoms with van der Waals surface area (Å²) in [5, 5.41) is 0.274. The van der Waals surface area contributed by atoms with Gasteiger partial charge in [-0.1, -0.05) is 11.6 Å². The Morgan fingerprint density at radius 3 is 2.77 bits per heavy atom. The predicted molar refractivity (Wildman–Crippen MR) is 83.1 cm³/mol. The molecule has 2 bridgehead atoms. The molecule has 0 radical (unpaired) electrons. The van der Waals surface area contributed by atoms with Gasteiger partial charge in [0.25, 0.3) is 0 Å². The molecule has 0 spiro atoms. The highest BCUT2D eigenvalue weighted by Gasteiger charge is 2.42. The molecule has 1 saturated heterocycles. The summed E-state index contributed by atoms with van der Waals surface area (Å²) in [4.78, 5) is 23.2. The van der Waals surface area contributed by atoms with Crippen molar-refractivity contribution in [1.82, 2.24) is 9.97 Å². The average Bonchev–Trinajstić information content (AvgIpc) is 3.25. The van der Waals surface area contributed by atoms with Gasteiger partial charge in [-0.2, -0.15) is 0 Å². The molecule has 118 valence electrons. The fourth-order valence-corrected chi connectivity index (χ4v) is 4.26. The van der Waals surface area contributed by atoms with Crippen LogP contribution in [0.1, 0.15) is 49.0 Å². The Labute approximate surface area is 135 Å². The van der Waals surface area contributed by atoms with E-state index < -0.39 is 5.97 Å². The topological polar surface area (TPSA) is 55.3 Å². The molecule has 6 heteroatoms. The zero-order valence-corrected chi connectivity index (χ0v) is 13.3. The zero-order valence-electron chi connectivity index (χ0n) is 12.5. The Kier molecular flexibility index (Phi) is 3.68. The first-order valence-corrected chi connectivity index (χ1v) is 8.57. The van der Waals surface area contributed by atoms with Crippen LogP contribution in [0.3, 0.4) is 0 Å². The van der Waals surface area contributed by atoms with Crippen molar-refractivity contribution in [2.75, 3.05) is 18.0 Å². The molecular weight excluding hydrogens is 302 g/mol. The largest absolute Gasteiger partial charge is 0.457 e. The van der Waals surface area contributed by atoms with Crippen LogP contribution in [0.4, 0.5) is 5.95 Å². The number of fused-ring (bicyclic) bond motifs is 2. The summed E-state index contributed by atoms with van der Waals surface area (Å²) in [7, 11) is 0. The summed E-state index contributed by atoms with van der Waals surface area (Å²) in [5.74, 6) is 1.46. The highest BCUT2D eigenvalue weighted by Crippen LogP contribution is 2.46. The van der Waals surface area contributed by atoms with Crippen molar-refractivity contribution >= 4 is 23.5 Å². The van der Waals surface area contributed by atoms with E-state index in [9.17, 15) is 4.79 Å². The maximum absolute atomic E-state index is 12.4. The van der Waals surface area contributed by atoms with Gasteiger partial charge in [-0.25, -0.2) is 14.8 Å². The Hall–Kier alpha value is -1.36. The smallest absolute Gasteiger partial charge is 0.358 e. The lowest BCUT2D eigenvalue weighted by atomic mass is 9.98. The Morgan fingerprint density at radius 2 is 2.09 bits per heavy atom. The first-order valence-electron chi connectivity index (χ1n) is 8.19. The van der Waals surface area contributed by atoms with Gasteiger partial charge in [0.1, 0.15) is 6.10 Å².